The summed E-state index contributed by atoms with van der Waals surface area (Å²) in [6, 6.07) is 7.97. The molecule has 0 radical (unpaired) electrons. The molecule has 1 atom stereocenters. The van der Waals surface area contributed by atoms with Gasteiger partial charge < -0.3 is 20.3 Å². The minimum Gasteiger partial charge on any atom is -0.381 e. The van der Waals surface area contributed by atoms with Crippen molar-refractivity contribution in [1.29, 1.82) is 0 Å². The molecule has 2 N–H and O–H groups in total. The second kappa shape index (κ2) is 10.5. The number of aliphatic imine (C=N–C) groups is 1. The average molecular weight is 481 g/mol. The second-order valence-corrected chi connectivity index (χ2v) is 6.95. The van der Waals surface area contributed by atoms with Gasteiger partial charge in [-0.3, -0.25) is 4.99 Å². The Labute approximate surface area is 173 Å². The first-order valence-corrected chi connectivity index (χ1v) is 8.83. The van der Waals surface area contributed by atoms with Gasteiger partial charge in [0.2, 0.25) is 0 Å². The van der Waals surface area contributed by atoms with E-state index in [0.29, 0.717) is 0 Å². The molecule has 2 rings (SSSR count). The van der Waals surface area contributed by atoms with Crippen molar-refractivity contribution in [3.8, 4) is 0 Å². The second-order valence-electron chi connectivity index (χ2n) is 6.54. The summed E-state index contributed by atoms with van der Waals surface area (Å²) in [5, 5.41) is 7.67. The third-order valence-electron chi connectivity index (χ3n) is 4.91. The van der Waals surface area contributed by atoms with Crippen LogP contribution in [0.2, 0.25) is 5.02 Å². The first-order chi connectivity index (χ1) is 11.5. The van der Waals surface area contributed by atoms with Crippen LogP contribution in [-0.2, 0) is 4.74 Å². The molecule has 142 valence electrons. The van der Waals surface area contributed by atoms with Crippen molar-refractivity contribution in [1.82, 2.24) is 15.5 Å². The number of ether oxygens (including phenoxy) is 1. The van der Waals surface area contributed by atoms with E-state index in [4.69, 9.17) is 16.3 Å². The molecule has 1 heterocycles. The fraction of sp³-hybridized carbons (Fsp3) is 0.611. The predicted molar refractivity (Wildman–Crippen MR) is 116 cm³/mol. The topological polar surface area (TPSA) is 48.9 Å². The summed E-state index contributed by atoms with van der Waals surface area (Å²) in [5.41, 5.74) is 1.17. The Hall–Kier alpha value is -0.570. The molecule has 1 saturated heterocycles. The maximum Gasteiger partial charge on any atom is 0.191 e. The zero-order valence-corrected chi connectivity index (χ0v) is 18.6. The van der Waals surface area contributed by atoms with Gasteiger partial charge in [0.25, 0.3) is 0 Å². The van der Waals surface area contributed by atoms with E-state index in [0.717, 1.165) is 49.1 Å². The zero-order valence-electron chi connectivity index (χ0n) is 15.5. The molecule has 0 amide bonds. The summed E-state index contributed by atoms with van der Waals surface area (Å²) < 4.78 is 5.53. The minimum atomic E-state index is 0. The lowest BCUT2D eigenvalue weighted by Crippen LogP contribution is -2.57. The van der Waals surface area contributed by atoms with Crippen molar-refractivity contribution in [3.63, 3.8) is 0 Å². The number of nitrogens with one attached hydrogen (secondary N) is 2. The van der Waals surface area contributed by atoms with Crippen LogP contribution in [0.5, 0.6) is 0 Å². The highest BCUT2D eigenvalue weighted by Gasteiger charge is 2.34. The van der Waals surface area contributed by atoms with Crippen LogP contribution in [0.3, 0.4) is 0 Å². The molecular formula is C18H30ClIN4O. The molecule has 25 heavy (non-hydrogen) atoms. The van der Waals surface area contributed by atoms with Gasteiger partial charge in [0.15, 0.2) is 5.96 Å². The summed E-state index contributed by atoms with van der Waals surface area (Å²) in [6.45, 7) is 4.53. The van der Waals surface area contributed by atoms with Gasteiger partial charge in [-0.1, -0.05) is 29.8 Å². The maximum atomic E-state index is 6.29. The van der Waals surface area contributed by atoms with Gasteiger partial charge in [-0.2, -0.15) is 0 Å². The fourth-order valence-corrected chi connectivity index (χ4v) is 3.38. The number of likely N-dealkylation sites (N-methyl/N-ethyl adjacent to an activating group) is 1. The van der Waals surface area contributed by atoms with E-state index in [2.05, 4.69) is 41.5 Å². The van der Waals surface area contributed by atoms with Crippen molar-refractivity contribution in [2.45, 2.75) is 31.3 Å². The van der Waals surface area contributed by atoms with Crippen LogP contribution in [-0.4, -0.2) is 57.3 Å². The van der Waals surface area contributed by atoms with Crippen molar-refractivity contribution >= 4 is 41.5 Å². The molecule has 1 fully saturated rings. The molecule has 1 aliphatic rings. The van der Waals surface area contributed by atoms with Crippen LogP contribution in [0, 0.1) is 0 Å². The monoisotopic (exact) mass is 480 g/mol. The Morgan fingerprint density at radius 3 is 2.52 bits per heavy atom. The summed E-state index contributed by atoms with van der Waals surface area (Å²) >= 11 is 6.29. The zero-order chi connectivity index (χ0) is 17.6. The van der Waals surface area contributed by atoms with E-state index in [-0.39, 0.29) is 35.6 Å². The van der Waals surface area contributed by atoms with Crippen LogP contribution in [0.15, 0.2) is 29.3 Å². The van der Waals surface area contributed by atoms with E-state index in [1.807, 2.05) is 24.3 Å². The van der Waals surface area contributed by atoms with Gasteiger partial charge in [-0.25, -0.2) is 0 Å². The maximum absolute atomic E-state index is 6.29. The summed E-state index contributed by atoms with van der Waals surface area (Å²) in [6.07, 6.45) is 2.04. The van der Waals surface area contributed by atoms with Crippen LogP contribution in [0.4, 0.5) is 0 Å². The molecule has 0 bridgehead atoms. The number of hydrogen-bond acceptors (Lipinski definition) is 3. The van der Waals surface area contributed by atoms with E-state index in [1.54, 1.807) is 7.05 Å². The third-order valence-corrected chi connectivity index (χ3v) is 5.25. The highest BCUT2D eigenvalue weighted by molar-refractivity contribution is 14.0. The van der Waals surface area contributed by atoms with E-state index < -0.39 is 0 Å². The fourth-order valence-electron chi connectivity index (χ4n) is 3.09. The van der Waals surface area contributed by atoms with Crippen molar-refractivity contribution < 1.29 is 4.74 Å². The molecule has 1 aromatic rings. The molecule has 1 aromatic carbocycles. The molecule has 0 aliphatic carbocycles. The van der Waals surface area contributed by atoms with Gasteiger partial charge in [0, 0.05) is 37.4 Å². The Balaban J connectivity index is 0.00000312. The van der Waals surface area contributed by atoms with Gasteiger partial charge in [0.05, 0.1) is 6.04 Å². The summed E-state index contributed by atoms with van der Waals surface area (Å²) in [7, 11) is 6.06. The van der Waals surface area contributed by atoms with Crippen LogP contribution in [0.1, 0.15) is 31.4 Å². The SMILES string of the molecule is CN=C(NCC1(N(C)C)CCOCC1)NC(C)c1ccccc1Cl.I. The molecule has 0 aromatic heterocycles. The minimum absolute atomic E-state index is 0. The van der Waals surface area contributed by atoms with Crippen molar-refractivity contribution in [3.05, 3.63) is 34.9 Å². The summed E-state index contributed by atoms with van der Waals surface area (Å²) in [4.78, 5) is 6.66. The Morgan fingerprint density at radius 1 is 1.32 bits per heavy atom. The summed E-state index contributed by atoms with van der Waals surface area (Å²) in [5.74, 6) is 0.787. The Morgan fingerprint density at radius 2 is 1.96 bits per heavy atom. The molecule has 0 saturated carbocycles. The number of halogens is 2. The number of rotatable bonds is 5. The van der Waals surface area contributed by atoms with Crippen LogP contribution in [0.25, 0.3) is 0 Å². The molecule has 5 nitrogen and oxygen atoms in total. The van der Waals surface area contributed by atoms with Gasteiger partial charge >= 0.3 is 0 Å². The van der Waals surface area contributed by atoms with E-state index in [9.17, 15) is 0 Å². The molecule has 1 unspecified atom stereocenters. The number of guanidine groups is 1. The third kappa shape index (κ3) is 5.98. The Kier molecular flexibility index (Phi) is 9.48. The Bertz CT molecular complexity index is 562. The van der Waals surface area contributed by atoms with Crippen molar-refractivity contribution in [2.24, 2.45) is 4.99 Å². The number of benzene rings is 1. The number of hydrogen-bond donors (Lipinski definition) is 2. The van der Waals surface area contributed by atoms with Gasteiger partial charge in [-0.05, 0) is 45.5 Å². The predicted octanol–water partition coefficient (Wildman–Crippen LogP) is 3.29. The standard InChI is InChI=1S/C18H29ClN4O.HI/c1-14(15-7-5-6-8-16(15)19)22-17(20-2)21-13-18(23(3)4)9-11-24-12-10-18;/h5-8,14H,9-13H2,1-4H3,(H2,20,21,22);1H. The van der Waals surface area contributed by atoms with Crippen LogP contribution >= 0.6 is 35.6 Å². The quantitative estimate of drug-likeness (QED) is 0.386. The van der Waals surface area contributed by atoms with E-state index >= 15 is 0 Å². The van der Waals surface area contributed by atoms with Crippen LogP contribution < -0.4 is 10.6 Å². The van der Waals surface area contributed by atoms with Gasteiger partial charge in [0.1, 0.15) is 0 Å². The van der Waals surface area contributed by atoms with E-state index in [1.165, 1.54) is 0 Å². The molecule has 1 aliphatic heterocycles. The molecular weight excluding hydrogens is 451 g/mol. The van der Waals surface area contributed by atoms with Crippen molar-refractivity contribution in [2.75, 3.05) is 40.9 Å². The first-order valence-electron chi connectivity index (χ1n) is 8.45. The largest absolute Gasteiger partial charge is 0.381 e. The normalized spacial score (nSPS) is 18.4. The molecule has 0 spiro atoms. The highest BCUT2D eigenvalue weighted by Crippen LogP contribution is 2.25. The smallest absolute Gasteiger partial charge is 0.191 e. The lowest BCUT2D eigenvalue weighted by atomic mass is 9.88. The number of nitrogens with zero attached hydrogens (tertiary/aromatic N) is 2. The molecule has 7 heteroatoms. The lowest BCUT2D eigenvalue weighted by molar-refractivity contribution is -0.00502. The first kappa shape index (κ1) is 22.5. The lowest BCUT2D eigenvalue weighted by Gasteiger charge is -2.43. The highest BCUT2D eigenvalue weighted by atomic mass is 127. The average Bonchev–Trinajstić information content (AvgIpc) is 2.59. The van der Waals surface area contributed by atoms with Gasteiger partial charge in [-0.15, -0.1) is 24.0 Å².